The van der Waals surface area contributed by atoms with Crippen LogP contribution in [0, 0.1) is 12.7 Å². The van der Waals surface area contributed by atoms with Gasteiger partial charge in [0.2, 0.25) is 0 Å². The molecule has 5 nitrogen and oxygen atoms in total. The molecule has 0 saturated carbocycles. The minimum absolute atomic E-state index is 0.0621. The van der Waals surface area contributed by atoms with Gasteiger partial charge in [-0.1, -0.05) is 12.1 Å². The fourth-order valence-electron chi connectivity index (χ4n) is 2.20. The van der Waals surface area contributed by atoms with Crippen molar-refractivity contribution in [2.24, 2.45) is 0 Å². The van der Waals surface area contributed by atoms with Crippen molar-refractivity contribution in [3.8, 4) is 5.75 Å². The Hall–Kier alpha value is -2.80. The fraction of sp³-hybridized carbons (Fsp3) is 0.0625. The lowest BCUT2D eigenvalue weighted by molar-refractivity contribution is -0.113. The average molecular weight is 329 g/mol. The predicted molar refractivity (Wildman–Crippen MR) is 88.2 cm³/mol. The molecule has 0 atom stereocenters. The van der Waals surface area contributed by atoms with Gasteiger partial charge in [0.25, 0.3) is 5.91 Å². The molecule has 7 heteroatoms. The van der Waals surface area contributed by atoms with Crippen LogP contribution in [0.25, 0.3) is 6.08 Å². The second kappa shape index (κ2) is 5.77. The summed E-state index contributed by atoms with van der Waals surface area (Å²) in [5, 5.41) is 12.6. The highest BCUT2D eigenvalue weighted by Crippen LogP contribution is 2.26. The summed E-state index contributed by atoms with van der Waals surface area (Å²) >= 11 is 5.11. The number of rotatable bonds is 2. The van der Waals surface area contributed by atoms with E-state index < -0.39 is 11.7 Å². The first-order chi connectivity index (χ1) is 11.0. The molecule has 1 aromatic heterocycles. The number of anilines is 1. The van der Waals surface area contributed by atoms with Crippen LogP contribution in [0.15, 0.2) is 42.1 Å². The zero-order valence-corrected chi connectivity index (χ0v) is 12.9. The standard InChI is InChI=1S/C16H12FN3O2S/c1-9-6-7-14(21)11(18-9)8-12-15(22)20(16(23)19-12)13-5-3-2-4-10(13)17/h2-8,21H,1H3,(H,19,23)/b12-8-. The maximum atomic E-state index is 13.9. The van der Waals surface area contributed by atoms with Crippen molar-refractivity contribution in [1.29, 1.82) is 0 Å². The predicted octanol–water partition coefficient (Wildman–Crippen LogP) is 2.50. The molecular formula is C16H12FN3O2S. The topological polar surface area (TPSA) is 65.5 Å². The van der Waals surface area contributed by atoms with Gasteiger partial charge in [0.05, 0.1) is 5.69 Å². The number of carbonyl (C=O) groups is 1. The van der Waals surface area contributed by atoms with E-state index in [0.29, 0.717) is 5.69 Å². The number of para-hydroxylation sites is 1. The average Bonchev–Trinajstić information content (AvgIpc) is 2.78. The van der Waals surface area contributed by atoms with Gasteiger partial charge in [0.15, 0.2) is 5.11 Å². The highest BCUT2D eigenvalue weighted by atomic mass is 32.1. The molecule has 2 N–H and O–H groups in total. The van der Waals surface area contributed by atoms with E-state index in [0.717, 1.165) is 4.90 Å². The lowest BCUT2D eigenvalue weighted by Crippen LogP contribution is -2.31. The lowest BCUT2D eigenvalue weighted by Gasteiger charge is -2.14. The molecule has 1 aromatic carbocycles. The number of pyridine rings is 1. The minimum atomic E-state index is -0.553. The normalized spacial score (nSPS) is 16.1. The van der Waals surface area contributed by atoms with E-state index in [1.165, 1.54) is 30.3 Å². The van der Waals surface area contributed by atoms with E-state index in [9.17, 15) is 14.3 Å². The number of hydrogen-bond donors (Lipinski definition) is 2. The van der Waals surface area contributed by atoms with Gasteiger partial charge in [-0.25, -0.2) is 14.3 Å². The van der Waals surface area contributed by atoms with Gasteiger partial charge in [0.1, 0.15) is 23.0 Å². The summed E-state index contributed by atoms with van der Waals surface area (Å²) in [6, 6.07) is 9.00. The van der Waals surface area contributed by atoms with Gasteiger partial charge in [-0.2, -0.15) is 0 Å². The molecule has 2 aromatic rings. The molecular weight excluding hydrogens is 317 g/mol. The zero-order chi connectivity index (χ0) is 16.6. The minimum Gasteiger partial charge on any atom is -0.506 e. The van der Waals surface area contributed by atoms with Gasteiger partial charge >= 0.3 is 0 Å². The number of benzene rings is 1. The van der Waals surface area contributed by atoms with E-state index >= 15 is 0 Å². The molecule has 0 bridgehead atoms. The van der Waals surface area contributed by atoms with Gasteiger partial charge in [0, 0.05) is 5.69 Å². The number of carbonyl (C=O) groups excluding carboxylic acids is 1. The third-order valence-electron chi connectivity index (χ3n) is 3.29. The van der Waals surface area contributed by atoms with Crippen LogP contribution in [0.5, 0.6) is 5.75 Å². The third-order valence-corrected chi connectivity index (χ3v) is 3.58. The summed E-state index contributed by atoms with van der Waals surface area (Å²) in [5.41, 5.74) is 1.11. The maximum Gasteiger partial charge on any atom is 0.281 e. The van der Waals surface area contributed by atoms with Crippen molar-refractivity contribution >= 4 is 35.0 Å². The van der Waals surface area contributed by atoms with E-state index in [4.69, 9.17) is 12.2 Å². The van der Waals surface area contributed by atoms with Crippen molar-refractivity contribution in [3.05, 3.63) is 59.3 Å². The number of aromatic nitrogens is 1. The fourth-order valence-corrected chi connectivity index (χ4v) is 2.49. The number of hydrogen-bond acceptors (Lipinski definition) is 4. The second-order valence-electron chi connectivity index (χ2n) is 4.94. The summed E-state index contributed by atoms with van der Waals surface area (Å²) in [5.74, 6) is -1.13. The summed E-state index contributed by atoms with van der Waals surface area (Å²) < 4.78 is 13.9. The Kier molecular flexibility index (Phi) is 3.79. The summed E-state index contributed by atoms with van der Waals surface area (Å²) in [7, 11) is 0. The number of halogens is 1. The Morgan fingerprint density at radius 2 is 2.04 bits per heavy atom. The van der Waals surface area contributed by atoms with E-state index in [1.807, 2.05) is 0 Å². The SMILES string of the molecule is Cc1ccc(O)c(/C=C2\NC(=S)N(c3ccccc3F)C2=O)n1. The van der Waals surface area contributed by atoms with Crippen LogP contribution in [0.3, 0.4) is 0 Å². The maximum absolute atomic E-state index is 13.9. The molecule has 0 unspecified atom stereocenters. The second-order valence-corrected chi connectivity index (χ2v) is 5.32. The van der Waals surface area contributed by atoms with E-state index in [2.05, 4.69) is 10.3 Å². The van der Waals surface area contributed by atoms with Crippen LogP contribution in [0.4, 0.5) is 10.1 Å². The molecule has 0 radical (unpaired) electrons. The number of aromatic hydroxyl groups is 1. The quantitative estimate of drug-likeness (QED) is 0.655. The first kappa shape index (κ1) is 15.1. The molecule has 3 rings (SSSR count). The molecule has 2 heterocycles. The van der Waals surface area contributed by atoms with Crippen LogP contribution >= 0.6 is 12.2 Å². The summed E-state index contributed by atoms with van der Waals surface area (Å²) in [6.45, 7) is 1.77. The Labute approximate surface area is 137 Å². The van der Waals surface area contributed by atoms with Crippen LogP contribution < -0.4 is 10.2 Å². The van der Waals surface area contributed by atoms with Crippen LogP contribution in [0.2, 0.25) is 0 Å². The zero-order valence-electron chi connectivity index (χ0n) is 12.1. The number of thiocarbonyl (C=S) groups is 1. The largest absolute Gasteiger partial charge is 0.506 e. The van der Waals surface area contributed by atoms with Crippen molar-refractivity contribution in [3.63, 3.8) is 0 Å². The smallest absolute Gasteiger partial charge is 0.281 e. The molecule has 116 valence electrons. The van der Waals surface area contributed by atoms with Gasteiger partial charge in [-0.05, 0) is 49.5 Å². The number of aryl methyl sites for hydroxylation is 1. The van der Waals surface area contributed by atoms with Crippen molar-refractivity contribution in [2.75, 3.05) is 4.90 Å². The van der Waals surface area contributed by atoms with Gasteiger partial charge in [-0.15, -0.1) is 0 Å². The molecule has 0 spiro atoms. The molecule has 1 fully saturated rings. The molecule has 0 aliphatic carbocycles. The first-order valence-corrected chi connectivity index (χ1v) is 7.16. The Bertz CT molecular complexity index is 851. The van der Waals surface area contributed by atoms with Crippen molar-refractivity contribution in [2.45, 2.75) is 6.92 Å². The Morgan fingerprint density at radius 1 is 1.30 bits per heavy atom. The molecule has 23 heavy (non-hydrogen) atoms. The monoisotopic (exact) mass is 329 g/mol. The third kappa shape index (κ3) is 2.78. The highest BCUT2D eigenvalue weighted by Gasteiger charge is 2.33. The lowest BCUT2D eigenvalue weighted by atomic mass is 10.2. The summed E-state index contributed by atoms with van der Waals surface area (Å²) in [4.78, 5) is 17.7. The van der Waals surface area contributed by atoms with Gasteiger partial charge < -0.3 is 10.4 Å². The van der Waals surface area contributed by atoms with Crippen LogP contribution in [-0.4, -0.2) is 21.1 Å². The Balaban J connectivity index is 2.00. The van der Waals surface area contributed by atoms with Crippen molar-refractivity contribution in [1.82, 2.24) is 10.3 Å². The van der Waals surface area contributed by atoms with Crippen molar-refractivity contribution < 1.29 is 14.3 Å². The number of nitrogens with zero attached hydrogens (tertiary/aromatic N) is 2. The summed E-state index contributed by atoms with van der Waals surface area (Å²) in [6.07, 6.45) is 1.39. The molecule has 1 aliphatic heterocycles. The van der Waals surface area contributed by atoms with Gasteiger partial charge in [-0.3, -0.25) is 4.79 Å². The molecule has 1 amide bonds. The molecule has 1 aliphatic rings. The number of amides is 1. The van der Waals surface area contributed by atoms with E-state index in [-0.39, 0.29) is 27.9 Å². The van der Waals surface area contributed by atoms with Crippen LogP contribution in [-0.2, 0) is 4.79 Å². The number of nitrogens with one attached hydrogen (secondary N) is 1. The Morgan fingerprint density at radius 3 is 2.78 bits per heavy atom. The molecule has 1 saturated heterocycles. The highest BCUT2D eigenvalue weighted by molar-refractivity contribution is 7.80. The van der Waals surface area contributed by atoms with Crippen LogP contribution in [0.1, 0.15) is 11.4 Å². The van der Waals surface area contributed by atoms with E-state index in [1.54, 1.807) is 19.1 Å². The first-order valence-electron chi connectivity index (χ1n) is 6.75.